The van der Waals surface area contributed by atoms with Crippen molar-refractivity contribution in [3.63, 3.8) is 0 Å². The van der Waals surface area contributed by atoms with Gasteiger partial charge in [-0.3, -0.25) is 14.9 Å². The van der Waals surface area contributed by atoms with Crippen LogP contribution in [-0.4, -0.2) is 38.1 Å². The van der Waals surface area contributed by atoms with E-state index in [1.807, 2.05) is 0 Å². The van der Waals surface area contributed by atoms with Gasteiger partial charge in [-0.2, -0.15) is 0 Å². The van der Waals surface area contributed by atoms with Gasteiger partial charge in [0.15, 0.2) is 9.84 Å². The quantitative estimate of drug-likeness (QED) is 0.610. The van der Waals surface area contributed by atoms with Gasteiger partial charge in [-0.05, 0) is 18.6 Å². The van der Waals surface area contributed by atoms with Crippen molar-refractivity contribution < 1.29 is 18.1 Å². The maximum atomic E-state index is 11.4. The van der Waals surface area contributed by atoms with Gasteiger partial charge in [0.05, 0.1) is 9.82 Å². The topological polar surface area (TPSA) is 118 Å². The zero-order chi connectivity index (χ0) is 15.6. The maximum Gasteiger partial charge on any atom is 0.293 e. The number of amides is 1. The molecule has 1 unspecified atom stereocenters. The summed E-state index contributed by atoms with van der Waals surface area (Å²) in [6, 6.07) is 3.64. The zero-order valence-electron chi connectivity index (χ0n) is 11.3. The van der Waals surface area contributed by atoms with Crippen LogP contribution < -0.4 is 10.6 Å². The highest BCUT2D eigenvalue weighted by Crippen LogP contribution is 2.27. The van der Waals surface area contributed by atoms with E-state index < -0.39 is 14.8 Å². The normalized spacial score (nSPS) is 18.3. The van der Waals surface area contributed by atoms with Gasteiger partial charge >= 0.3 is 0 Å². The van der Waals surface area contributed by atoms with E-state index in [-0.39, 0.29) is 28.2 Å². The van der Waals surface area contributed by atoms with Crippen molar-refractivity contribution >= 4 is 27.1 Å². The Morgan fingerprint density at radius 1 is 1.48 bits per heavy atom. The van der Waals surface area contributed by atoms with E-state index in [2.05, 4.69) is 10.6 Å². The Balaban J connectivity index is 2.19. The molecule has 0 radical (unpaired) electrons. The van der Waals surface area contributed by atoms with Crippen molar-refractivity contribution in [2.24, 2.45) is 0 Å². The minimum Gasteiger partial charge on any atom is -0.377 e. The van der Waals surface area contributed by atoms with Crippen molar-refractivity contribution in [3.8, 4) is 0 Å². The number of hydrogen-bond acceptors (Lipinski definition) is 6. The van der Waals surface area contributed by atoms with Gasteiger partial charge in [0, 0.05) is 31.3 Å². The molecule has 8 nitrogen and oxygen atoms in total. The number of nitrogens with zero attached hydrogens (tertiary/aromatic N) is 1. The van der Waals surface area contributed by atoms with Crippen LogP contribution in [0, 0.1) is 10.1 Å². The van der Waals surface area contributed by atoms with Gasteiger partial charge in [-0.25, -0.2) is 8.42 Å². The molecule has 2 N–H and O–H groups in total. The Morgan fingerprint density at radius 2 is 2.19 bits per heavy atom. The molecule has 1 atom stereocenters. The van der Waals surface area contributed by atoms with Crippen molar-refractivity contribution in [2.45, 2.75) is 23.8 Å². The fourth-order valence-corrected chi connectivity index (χ4v) is 2.75. The first-order valence-corrected chi connectivity index (χ1v) is 8.18. The van der Waals surface area contributed by atoms with Crippen molar-refractivity contribution in [1.82, 2.24) is 5.32 Å². The summed E-state index contributed by atoms with van der Waals surface area (Å²) in [5.74, 6) is -0.0382. The molecule has 21 heavy (non-hydrogen) atoms. The number of benzene rings is 1. The fourth-order valence-electron chi connectivity index (χ4n) is 2.11. The molecule has 114 valence electrons. The van der Waals surface area contributed by atoms with E-state index >= 15 is 0 Å². The van der Waals surface area contributed by atoms with Gasteiger partial charge in [0.2, 0.25) is 5.91 Å². The number of anilines is 1. The van der Waals surface area contributed by atoms with Crippen LogP contribution in [0.5, 0.6) is 0 Å². The van der Waals surface area contributed by atoms with Gasteiger partial charge in [0.1, 0.15) is 5.69 Å². The average molecular weight is 313 g/mol. The Kier molecular flexibility index (Phi) is 4.12. The van der Waals surface area contributed by atoms with Gasteiger partial charge in [-0.15, -0.1) is 0 Å². The van der Waals surface area contributed by atoms with Gasteiger partial charge in [-0.1, -0.05) is 0 Å². The lowest BCUT2D eigenvalue weighted by Gasteiger charge is -2.13. The number of nitro groups is 1. The lowest BCUT2D eigenvalue weighted by molar-refractivity contribution is -0.384. The predicted molar refractivity (Wildman–Crippen MR) is 75.9 cm³/mol. The Hall–Kier alpha value is -2.16. The molecule has 0 bridgehead atoms. The molecule has 0 aromatic heterocycles. The molecule has 1 heterocycles. The highest BCUT2D eigenvalue weighted by Gasteiger charge is 2.23. The van der Waals surface area contributed by atoms with Crippen LogP contribution in [0.1, 0.15) is 12.8 Å². The third kappa shape index (κ3) is 3.69. The monoisotopic (exact) mass is 313 g/mol. The van der Waals surface area contributed by atoms with Crippen LogP contribution in [-0.2, 0) is 14.6 Å². The minimum absolute atomic E-state index is 0.0382. The predicted octanol–water partition coefficient (Wildman–Crippen LogP) is 0.689. The summed E-state index contributed by atoms with van der Waals surface area (Å²) in [5.41, 5.74) is -0.0733. The van der Waals surface area contributed by atoms with Crippen molar-refractivity contribution in [3.05, 3.63) is 28.3 Å². The highest BCUT2D eigenvalue weighted by molar-refractivity contribution is 7.90. The van der Waals surface area contributed by atoms with Gasteiger partial charge < -0.3 is 10.6 Å². The number of nitro benzene ring substituents is 1. The molecule has 1 aliphatic heterocycles. The summed E-state index contributed by atoms with van der Waals surface area (Å²) in [5, 5.41) is 16.7. The maximum absolute atomic E-state index is 11.4. The largest absolute Gasteiger partial charge is 0.377 e. The number of nitrogens with one attached hydrogen (secondary N) is 2. The number of rotatable bonds is 5. The third-order valence-corrected chi connectivity index (χ3v) is 4.33. The number of sulfone groups is 1. The molecule has 1 fully saturated rings. The summed E-state index contributed by atoms with van der Waals surface area (Å²) in [7, 11) is -3.50. The van der Waals surface area contributed by atoms with Crippen LogP contribution in [0.4, 0.5) is 11.4 Å². The average Bonchev–Trinajstić information content (AvgIpc) is 2.80. The third-order valence-electron chi connectivity index (χ3n) is 3.22. The van der Waals surface area contributed by atoms with E-state index in [4.69, 9.17) is 0 Å². The molecule has 1 aromatic rings. The summed E-state index contributed by atoms with van der Waals surface area (Å²) in [6.07, 6.45) is 2.11. The second-order valence-electron chi connectivity index (χ2n) is 4.89. The van der Waals surface area contributed by atoms with E-state index in [1.165, 1.54) is 12.1 Å². The van der Waals surface area contributed by atoms with Crippen LogP contribution in [0.3, 0.4) is 0 Å². The number of carbonyl (C=O) groups is 1. The molecule has 1 aliphatic rings. The van der Waals surface area contributed by atoms with E-state index in [1.54, 1.807) is 0 Å². The van der Waals surface area contributed by atoms with E-state index in [9.17, 15) is 23.3 Å². The molecule has 9 heteroatoms. The van der Waals surface area contributed by atoms with Crippen LogP contribution in [0.25, 0.3) is 0 Å². The molecule has 1 aromatic carbocycles. The second kappa shape index (κ2) is 5.68. The summed E-state index contributed by atoms with van der Waals surface area (Å²) in [4.78, 5) is 21.4. The van der Waals surface area contributed by atoms with E-state index in [0.717, 1.165) is 12.3 Å². The summed E-state index contributed by atoms with van der Waals surface area (Å²) >= 11 is 0. The highest BCUT2D eigenvalue weighted by atomic mass is 32.2. The molecule has 1 amide bonds. The molecular weight excluding hydrogens is 298 g/mol. The standard InChI is InChI=1S/C12H15N3O5S/c1-21(19,20)9-3-4-10(11(6-9)15(17)18)13-7-8-2-5-12(16)14-8/h3-4,6,8,13H,2,5,7H2,1H3,(H,14,16). The first kappa shape index (κ1) is 15.2. The van der Waals surface area contributed by atoms with E-state index in [0.29, 0.717) is 19.4 Å². The molecule has 0 aliphatic carbocycles. The summed E-state index contributed by atoms with van der Waals surface area (Å²) < 4.78 is 22.9. The van der Waals surface area contributed by atoms with Crippen molar-refractivity contribution in [2.75, 3.05) is 18.1 Å². The SMILES string of the molecule is CS(=O)(=O)c1ccc(NCC2CCC(=O)N2)c([N+](=O)[O-])c1. The molecule has 1 saturated heterocycles. The lowest BCUT2D eigenvalue weighted by atomic mass is 10.2. The number of hydrogen-bond donors (Lipinski definition) is 2. The molecule has 0 saturated carbocycles. The second-order valence-corrected chi connectivity index (χ2v) is 6.91. The van der Waals surface area contributed by atoms with Crippen molar-refractivity contribution in [1.29, 1.82) is 0 Å². The zero-order valence-corrected chi connectivity index (χ0v) is 12.1. The van der Waals surface area contributed by atoms with Crippen LogP contribution in [0.2, 0.25) is 0 Å². The Labute approximate surface area is 121 Å². The first-order chi connectivity index (χ1) is 9.77. The Bertz CT molecular complexity index is 686. The summed E-state index contributed by atoms with van der Waals surface area (Å²) in [6.45, 7) is 0.352. The first-order valence-electron chi connectivity index (χ1n) is 6.29. The van der Waals surface area contributed by atoms with Crippen LogP contribution >= 0.6 is 0 Å². The molecular formula is C12H15N3O5S. The van der Waals surface area contributed by atoms with Gasteiger partial charge in [0.25, 0.3) is 5.69 Å². The lowest BCUT2D eigenvalue weighted by Crippen LogP contribution is -2.31. The molecule has 2 rings (SSSR count). The molecule has 0 spiro atoms. The number of carbonyl (C=O) groups excluding carboxylic acids is 1. The smallest absolute Gasteiger partial charge is 0.293 e. The minimum atomic E-state index is -3.50. The van der Waals surface area contributed by atoms with Crippen LogP contribution in [0.15, 0.2) is 23.1 Å². The fraction of sp³-hybridized carbons (Fsp3) is 0.417. The Morgan fingerprint density at radius 3 is 2.71 bits per heavy atom.